The van der Waals surface area contributed by atoms with Gasteiger partial charge in [-0.15, -0.1) is 0 Å². The zero-order valence-electron chi connectivity index (χ0n) is 16.5. The van der Waals surface area contributed by atoms with Crippen LogP contribution in [0.2, 0.25) is 0 Å². The normalized spacial score (nSPS) is 25.8. The molecule has 1 aliphatic carbocycles. The topological polar surface area (TPSA) is 43.9 Å². The van der Waals surface area contributed by atoms with Crippen LogP contribution >= 0.6 is 0 Å². The molecule has 4 rings (SSSR count). The first-order chi connectivity index (χ1) is 13.6. The third kappa shape index (κ3) is 4.15. The molecule has 0 bridgehead atoms. The fourth-order valence-electron chi connectivity index (χ4n) is 4.88. The largest absolute Gasteiger partial charge is 0.368 e. The Balaban J connectivity index is 1.24. The lowest BCUT2D eigenvalue weighted by Gasteiger charge is -2.39. The van der Waals surface area contributed by atoms with E-state index in [1.807, 2.05) is 9.80 Å². The third-order valence-electron chi connectivity index (χ3n) is 6.63. The molecular formula is C22H30FN3O2. The Morgan fingerprint density at radius 2 is 1.18 bits per heavy atom. The molecule has 2 heterocycles. The third-order valence-corrected chi connectivity index (χ3v) is 6.63. The Morgan fingerprint density at radius 1 is 0.714 bits per heavy atom. The van der Waals surface area contributed by atoms with Crippen molar-refractivity contribution in [3.63, 3.8) is 0 Å². The van der Waals surface area contributed by atoms with Crippen LogP contribution < -0.4 is 4.90 Å². The maximum absolute atomic E-state index is 13.1. The first kappa shape index (κ1) is 19.2. The number of hydrogen-bond donors (Lipinski definition) is 0. The Kier molecular flexibility index (Phi) is 5.83. The summed E-state index contributed by atoms with van der Waals surface area (Å²) in [6.45, 7) is 4.80. The highest BCUT2D eigenvalue weighted by Crippen LogP contribution is 2.32. The van der Waals surface area contributed by atoms with Gasteiger partial charge < -0.3 is 14.7 Å². The van der Waals surface area contributed by atoms with E-state index in [4.69, 9.17) is 0 Å². The molecule has 28 heavy (non-hydrogen) atoms. The number of nitrogens with zero attached hydrogens (tertiary/aromatic N) is 3. The maximum atomic E-state index is 13.1. The van der Waals surface area contributed by atoms with Crippen LogP contribution in [0.25, 0.3) is 0 Å². The summed E-state index contributed by atoms with van der Waals surface area (Å²) < 4.78 is 13.1. The van der Waals surface area contributed by atoms with Crippen molar-refractivity contribution in [2.45, 2.75) is 38.5 Å². The van der Waals surface area contributed by atoms with Crippen molar-refractivity contribution in [1.82, 2.24) is 9.80 Å². The Labute approximate surface area is 166 Å². The van der Waals surface area contributed by atoms with Crippen LogP contribution in [0, 0.1) is 17.7 Å². The predicted molar refractivity (Wildman–Crippen MR) is 106 cm³/mol. The average Bonchev–Trinajstić information content (AvgIpc) is 3.28. The molecule has 0 N–H and O–H groups in total. The Hall–Kier alpha value is -2.11. The molecular weight excluding hydrogens is 357 g/mol. The average molecular weight is 387 g/mol. The van der Waals surface area contributed by atoms with Crippen molar-refractivity contribution >= 4 is 17.5 Å². The van der Waals surface area contributed by atoms with Gasteiger partial charge in [-0.25, -0.2) is 4.39 Å². The van der Waals surface area contributed by atoms with E-state index >= 15 is 0 Å². The number of benzene rings is 1. The van der Waals surface area contributed by atoms with Crippen molar-refractivity contribution in [2.24, 2.45) is 11.8 Å². The summed E-state index contributed by atoms with van der Waals surface area (Å²) in [5, 5.41) is 0. The van der Waals surface area contributed by atoms with Crippen LogP contribution in [-0.4, -0.2) is 60.9 Å². The number of likely N-dealkylation sites (tertiary alicyclic amines) is 1. The van der Waals surface area contributed by atoms with Gasteiger partial charge in [-0.2, -0.15) is 0 Å². The minimum absolute atomic E-state index is 0.0694. The zero-order chi connectivity index (χ0) is 19.5. The van der Waals surface area contributed by atoms with Gasteiger partial charge in [0.05, 0.1) is 0 Å². The standard InChI is InChI=1S/C22H30FN3O2/c23-19-7-9-20(10-8-19)24-13-15-26(16-14-24)22(28)18-5-3-17(4-6-18)21(27)25-11-1-2-12-25/h7-10,17-18H,1-6,11-16H2. The van der Waals surface area contributed by atoms with Gasteiger partial charge in [-0.1, -0.05) is 0 Å². The maximum Gasteiger partial charge on any atom is 0.225 e. The van der Waals surface area contributed by atoms with Gasteiger partial charge in [0.1, 0.15) is 5.82 Å². The molecule has 0 unspecified atom stereocenters. The highest BCUT2D eigenvalue weighted by Gasteiger charge is 2.35. The molecule has 1 saturated carbocycles. The van der Waals surface area contributed by atoms with E-state index < -0.39 is 0 Å². The molecule has 5 nitrogen and oxygen atoms in total. The number of amides is 2. The molecule has 1 aromatic carbocycles. The Bertz CT molecular complexity index is 686. The van der Waals surface area contributed by atoms with Gasteiger partial charge in [0.2, 0.25) is 11.8 Å². The van der Waals surface area contributed by atoms with E-state index in [0.717, 1.165) is 70.4 Å². The van der Waals surface area contributed by atoms with Gasteiger partial charge in [0, 0.05) is 56.8 Å². The molecule has 0 atom stereocenters. The summed E-state index contributed by atoms with van der Waals surface area (Å²) in [5.41, 5.74) is 1.01. The minimum atomic E-state index is -0.226. The quantitative estimate of drug-likeness (QED) is 0.801. The summed E-state index contributed by atoms with van der Waals surface area (Å²) >= 11 is 0. The number of carbonyl (C=O) groups is 2. The lowest BCUT2D eigenvalue weighted by atomic mass is 9.80. The highest BCUT2D eigenvalue weighted by molar-refractivity contribution is 5.81. The van der Waals surface area contributed by atoms with Crippen LogP contribution in [0.15, 0.2) is 24.3 Å². The summed E-state index contributed by atoms with van der Waals surface area (Å²) in [6, 6.07) is 6.56. The van der Waals surface area contributed by atoms with Crippen LogP contribution in [-0.2, 0) is 9.59 Å². The summed E-state index contributed by atoms with van der Waals surface area (Å²) in [4.78, 5) is 31.7. The van der Waals surface area contributed by atoms with E-state index in [-0.39, 0.29) is 23.6 Å². The SMILES string of the molecule is O=C(C1CCC(C(=O)N2CCN(c3ccc(F)cc3)CC2)CC1)N1CCCC1. The van der Waals surface area contributed by atoms with Crippen LogP contribution in [0.5, 0.6) is 0 Å². The minimum Gasteiger partial charge on any atom is -0.368 e. The summed E-state index contributed by atoms with van der Waals surface area (Å²) in [6.07, 6.45) is 5.62. The molecule has 3 fully saturated rings. The smallest absolute Gasteiger partial charge is 0.225 e. The number of rotatable bonds is 3. The fraction of sp³-hybridized carbons (Fsp3) is 0.636. The van der Waals surface area contributed by atoms with Crippen molar-refractivity contribution in [3.05, 3.63) is 30.1 Å². The fourth-order valence-corrected chi connectivity index (χ4v) is 4.88. The van der Waals surface area contributed by atoms with Gasteiger partial charge in [0.25, 0.3) is 0 Å². The van der Waals surface area contributed by atoms with E-state index in [2.05, 4.69) is 4.90 Å². The molecule has 0 spiro atoms. The number of anilines is 1. The molecule has 3 aliphatic rings. The molecule has 0 aromatic heterocycles. The molecule has 1 aromatic rings. The van der Waals surface area contributed by atoms with E-state index in [0.29, 0.717) is 19.0 Å². The second-order valence-electron chi connectivity index (χ2n) is 8.37. The van der Waals surface area contributed by atoms with Crippen LogP contribution in [0.4, 0.5) is 10.1 Å². The number of piperazine rings is 1. The first-order valence-corrected chi connectivity index (χ1v) is 10.7. The molecule has 2 aliphatic heterocycles. The number of halogens is 1. The van der Waals surface area contributed by atoms with Crippen molar-refractivity contribution in [3.8, 4) is 0 Å². The molecule has 152 valence electrons. The second kappa shape index (κ2) is 8.50. The van der Waals surface area contributed by atoms with Gasteiger partial charge in [-0.05, 0) is 62.8 Å². The summed E-state index contributed by atoms with van der Waals surface area (Å²) in [5.74, 6) is 0.538. The first-order valence-electron chi connectivity index (χ1n) is 10.7. The number of hydrogen-bond acceptors (Lipinski definition) is 3. The lowest BCUT2D eigenvalue weighted by molar-refractivity contribution is -0.141. The van der Waals surface area contributed by atoms with Crippen molar-refractivity contribution in [1.29, 1.82) is 0 Å². The predicted octanol–water partition coefficient (Wildman–Crippen LogP) is 2.90. The van der Waals surface area contributed by atoms with E-state index in [1.54, 1.807) is 12.1 Å². The van der Waals surface area contributed by atoms with E-state index in [9.17, 15) is 14.0 Å². The Morgan fingerprint density at radius 3 is 1.68 bits per heavy atom. The molecule has 6 heteroatoms. The monoisotopic (exact) mass is 387 g/mol. The zero-order valence-corrected chi connectivity index (χ0v) is 16.5. The highest BCUT2D eigenvalue weighted by atomic mass is 19.1. The van der Waals surface area contributed by atoms with E-state index in [1.165, 1.54) is 12.1 Å². The van der Waals surface area contributed by atoms with Crippen molar-refractivity contribution < 1.29 is 14.0 Å². The van der Waals surface area contributed by atoms with Crippen LogP contribution in [0.3, 0.4) is 0 Å². The van der Waals surface area contributed by atoms with Gasteiger partial charge in [0.15, 0.2) is 0 Å². The second-order valence-corrected chi connectivity index (χ2v) is 8.37. The lowest BCUT2D eigenvalue weighted by Crippen LogP contribution is -2.51. The van der Waals surface area contributed by atoms with Gasteiger partial charge in [-0.3, -0.25) is 9.59 Å². The van der Waals surface area contributed by atoms with Crippen molar-refractivity contribution in [2.75, 3.05) is 44.2 Å². The molecule has 0 radical (unpaired) electrons. The van der Waals surface area contributed by atoms with Crippen LogP contribution in [0.1, 0.15) is 38.5 Å². The summed E-state index contributed by atoms with van der Waals surface area (Å²) in [7, 11) is 0. The molecule has 2 amide bonds. The van der Waals surface area contributed by atoms with Gasteiger partial charge >= 0.3 is 0 Å². The molecule has 2 saturated heterocycles. The number of carbonyl (C=O) groups excluding carboxylic acids is 2.